The van der Waals surface area contributed by atoms with Crippen molar-refractivity contribution in [1.29, 1.82) is 0 Å². The van der Waals surface area contributed by atoms with Gasteiger partial charge in [0, 0.05) is 11.3 Å². The summed E-state index contributed by atoms with van der Waals surface area (Å²) in [6, 6.07) is 21.7. The van der Waals surface area contributed by atoms with Crippen molar-refractivity contribution < 1.29 is 14.4 Å². The van der Waals surface area contributed by atoms with E-state index in [1.165, 1.54) is 56.3 Å². The van der Waals surface area contributed by atoms with Crippen LogP contribution in [0.5, 0.6) is 0 Å². The number of hydrogen-bond donors (Lipinski definition) is 1. The van der Waals surface area contributed by atoms with Gasteiger partial charge in [-0.25, -0.2) is 0 Å². The molecule has 29 heavy (non-hydrogen) atoms. The van der Waals surface area contributed by atoms with Gasteiger partial charge in [-0.3, -0.25) is 4.79 Å². The van der Waals surface area contributed by atoms with Crippen molar-refractivity contribution in [2.75, 3.05) is 19.7 Å². The van der Waals surface area contributed by atoms with E-state index >= 15 is 0 Å². The number of hydrogen-bond acceptors (Lipinski definition) is 2. The molecule has 1 aliphatic carbocycles. The average molecular weight is 391 g/mol. The molecule has 2 aliphatic heterocycles. The quantitative estimate of drug-likeness (QED) is 0.794. The lowest BCUT2D eigenvalue weighted by Gasteiger charge is -2.41. The van der Waals surface area contributed by atoms with Crippen molar-refractivity contribution in [3.63, 3.8) is 0 Å². The lowest BCUT2D eigenvalue weighted by Crippen LogP contribution is -3.18. The molecule has 1 N–H and O–H groups in total. The molecule has 1 saturated carbocycles. The first-order valence-electron chi connectivity index (χ1n) is 11.4. The molecule has 2 aromatic rings. The smallest absolute Gasteiger partial charge is 0.310 e. The second kappa shape index (κ2) is 7.95. The number of rotatable bonds is 5. The minimum absolute atomic E-state index is 0.000592. The standard InChI is InChI=1S/C26H31NO2/c28-25(29-19-20-10-9-17-27-16-8-7-15-24(20)27)23-18-26(23,21-11-3-1-4-12-21)22-13-5-2-6-14-22/h1-6,11-14,20,23-24H,7-10,15-19H2/p+1/t20-,23+,24-/m1/s1. The number of benzene rings is 2. The van der Waals surface area contributed by atoms with Crippen LogP contribution in [0.3, 0.4) is 0 Å². The maximum atomic E-state index is 13.1. The van der Waals surface area contributed by atoms with E-state index < -0.39 is 0 Å². The molecule has 3 nitrogen and oxygen atoms in total. The van der Waals surface area contributed by atoms with Crippen molar-refractivity contribution in [3.8, 4) is 0 Å². The van der Waals surface area contributed by atoms with E-state index in [1.54, 1.807) is 4.90 Å². The van der Waals surface area contributed by atoms with Crippen LogP contribution in [0.2, 0.25) is 0 Å². The van der Waals surface area contributed by atoms with E-state index in [0.717, 1.165) is 6.42 Å². The molecule has 0 bridgehead atoms. The predicted octanol–water partition coefficient (Wildman–Crippen LogP) is 3.38. The third-order valence-electron chi connectivity index (χ3n) is 7.69. The Hall–Kier alpha value is -2.13. The third-order valence-corrected chi connectivity index (χ3v) is 7.69. The summed E-state index contributed by atoms with van der Waals surface area (Å²) in [7, 11) is 0. The number of ether oxygens (including phenoxy) is 1. The number of quaternary nitrogens is 1. The van der Waals surface area contributed by atoms with E-state index in [0.29, 0.717) is 18.6 Å². The zero-order chi connectivity index (χ0) is 19.7. The monoisotopic (exact) mass is 390 g/mol. The van der Waals surface area contributed by atoms with Gasteiger partial charge < -0.3 is 9.64 Å². The second-order valence-electron chi connectivity index (χ2n) is 9.25. The summed E-state index contributed by atoms with van der Waals surface area (Å²) in [5.41, 5.74) is 2.25. The van der Waals surface area contributed by atoms with Crippen LogP contribution in [0.4, 0.5) is 0 Å². The summed E-state index contributed by atoms with van der Waals surface area (Å²) in [5.74, 6) is 0.482. The fourth-order valence-corrected chi connectivity index (χ4v) is 6.09. The number of nitrogens with one attached hydrogen (secondary N) is 1. The molecule has 3 heteroatoms. The molecule has 1 unspecified atom stereocenters. The van der Waals surface area contributed by atoms with Gasteiger partial charge in [0.05, 0.1) is 31.7 Å². The van der Waals surface area contributed by atoms with Crippen LogP contribution in [-0.4, -0.2) is 31.7 Å². The van der Waals surface area contributed by atoms with Crippen molar-refractivity contribution in [2.24, 2.45) is 11.8 Å². The maximum absolute atomic E-state index is 13.1. The minimum Gasteiger partial charge on any atom is -0.465 e. The Morgan fingerprint density at radius 3 is 2.24 bits per heavy atom. The van der Waals surface area contributed by atoms with Gasteiger partial charge in [0.25, 0.3) is 0 Å². The summed E-state index contributed by atoms with van der Waals surface area (Å²) in [5, 5.41) is 0. The molecule has 0 spiro atoms. The molecule has 2 heterocycles. The highest BCUT2D eigenvalue weighted by atomic mass is 16.5. The molecule has 3 fully saturated rings. The number of esters is 1. The van der Waals surface area contributed by atoms with E-state index in [2.05, 4.69) is 48.5 Å². The van der Waals surface area contributed by atoms with Crippen molar-refractivity contribution in [2.45, 2.75) is 50.0 Å². The maximum Gasteiger partial charge on any atom is 0.310 e. The Balaban J connectivity index is 1.30. The van der Waals surface area contributed by atoms with Crippen molar-refractivity contribution in [3.05, 3.63) is 71.8 Å². The second-order valence-corrected chi connectivity index (χ2v) is 9.25. The Morgan fingerprint density at radius 1 is 0.897 bits per heavy atom. The topological polar surface area (TPSA) is 30.7 Å². The molecule has 5 rings (SSSR count). The molecular formula is C26H32NO2+. The Labute approximate surface area is 174 Å². The van der Waals surface area contributed by atoms with Crippen LogP contribution < -0.4 is 4.90 Å². The third kappa shape index (κ3) is 3.50. The van der Waals surface area contributed by atoms with E-state index in [9.17, 15) is 4.79 Å². The van der Waals surface area contributed by atoms with E-state index in [-0.39, 0.29) is 17.3 Å². The van der Waals surface area contributed by atoms with Gasteiger partial charge in [0.1, 0.15) is 0 Å². The zero-order valence-corrected chi connectivity index (χ0v) is 17.2. The molecule has 0 aromatic heterocycles. The van der Waals surface area contributed by atoms with Crippen LogP contribution >= 0.6 is 0 Å². The van der Waals surface area contributed by atoms with Crippen LogP contribution in [-0.2, 0) is 14.9 Å². The fourth-order valence-electron chi connectivity index (χ4n) is 6.09. The number of carbonyl (C=O) groups is 1. The van der Waals surface area contributed by atoms with Crippen molar-refractivity contribution >= 4 is 5.97 Å². The molecular weight excluding hydrogens is 358 g/mol. The summed E-state index contributed by atoms with van der Waals surface area (Å²) in [6.45, 7) is 3.23. The number of piperidine rings is 2. The highest BCUT2D eigenvalue weighted by Gasteiger charge is 2.61. The summed E-state index contributed by atoms with van der Waals surface area (Å²) >= 11 is 0. The molecule has 3 aliphatic rings. The SMILES string of the molecule is O=C(OC[C@H]1CCC[NH+]2CCCC[C@H]12)[C@@H]1CC1(c1ccccc1)c1ccccc1. The molecule has 0 radical (unpaired) electrons. The Morgan fingerprint density at radius 2 is 1.55 bits per heavy atom. The van der Waals surface area contributed by atoms with Gasteiger partial charge in [-0.2, -0.15) is 0 Å². The Bertz CT molecular complexity index is 793. The fraction of sp³-hybridized carbons (Fsp3) is 0.500. The van der Waals surface area contributed by atoms with Gasteiger partial charge in [0.15, 0.2) is 0 Å². The van der Waals surface area contributed by atoms with Gasteiger partial charge in [-0.15, -0.1) is 0 Å². The lowest BCUT2D eigenvalue weighted by molar-refractivity contribution is -0.940. The highest BCUT2D eigenvalue weighted by Crippen LogP contribution is 2.59. The Kier molecular flexibility index (Phi) is 5.17. The minimum atomic E-state index is -0.214. The molecule has 4 atom stereocenters. The summed E-state index contributed by atoms with van der Waals surface area (Å²) in [6.07, 6.45) is 7.35. The van der Waals surface area contributed by atoms with Gasteiger partial charge >= 0.3 is 5.97 Å². The number of fused-ring (bicyclic) bond motifs is 1. The molecule has 0 amide bonds. The van der Waals surface area contributed by atoms with E-state index in [1.807, 2.05) is 12.1 Å². The average Bonchev–Trinajstić information content (AvgIpc) is 3.56. The first kappa shape index (κ1) is 18.9. The van der Waals surface area contributed by atoms with Crippen molar-refractivity contribution in [1.82, 2.24) is 0 Å². The van der Waals surface area contributed by atoms with Crippen LogP contribution in [0, 0.1) is 11.8 Å². The van der Waals surface area contributed by atoms with Crippen LogP contribution in [0.25, 0.3) is 0 Å². The summed E-state index contributed by atoms with van der Waals surface area (Å²) < 4.78 is 6.00. The highest BCUT2D eigenvalue weighted by molar-refractivity contribution is 5.81. The molecule has 2 saturated heterocycles. The van der Waals surface area contributed by atoms with Crippen LogP contribution in [0.15, 0.2) is 60.7 Å². The number of carbonyl (C=O) groups excluding carboxylic acids is 1. The van der Waals surface area contributed by atoms with E-state index in [4.69, 9.17) is 4.74 Å². The lowest BCUT2D eigenvalue weighted by atomic mass is 9.84. The zero-order valence-electron chi connectivity index (χ0n) is 17.2. The van der Waals surface area contributed by atoms with Gasteiger partial charge in [-0.05, 0) is 49.7 Å². The first-order chi connectivity index (χ1) is 14.3. The van der Waals surface area contributed by atoms with Crippen LogP contribution in [0.1, 0.15) is 49.7 Å². The van der Waals surface area contributed by atoms with Gasteiger partial charge in [-0.1, -0.05) is 60.7 Å². The largest absolute Gasteiger partial charge is 0.465 e. The molecule has 2 aromatic carbocycles. The summed E-state index contributed by atoms with van der Waals surface area (Å²) in [4.78, 5) is 14.9. The first-order valence-corrected chi connectivity index (χ1v) is 11.4. The molecule has 152 valence electrons. The predicted molar refractivity (Wildman–Crippen MR) is 114 cm³/mol. The van der Waals surface area contributed by atoms with Gasteiger partial charge in [0.2, 0.25) is 0 Å². The normalized spacial score (nSPS) is 30.2.